The molecule has 0 atom stereocenters. The number of esters is 1. The number of carbonyl (C=O) groups is 1. The number of hydrogen-bond donors (Lipinski definition) is 1. The lowest BCUT2D eigenvalue weighted by molar-refractivity contribution is 0.0526. The van der Waals surface area contributed by atoms with Crippen LogP contribution >= 0.6 is 0 Å². The monoisotopic (exact) mass is 388 g/mol. The van der Waals surface area contributed by atoms with Gasteiger partial charge in [-0.2, -0.15) is 5.26 Å². The number of ether oxygens (including phenoxy) is 2. The minimum absolute atomic E-state index is 0.0818. The van der Waals surface area contributed by atoms with E-state index in [1.807, 2.05) is 6.07 Å². The summed E-state index contributed by atoms with van der Waals surface area (Å²) in [5.74, 6) is -0.227. The molecule has 0 aliphatic carbocycles. The van der Waals surface area contributed by atoms with Crippen molar-refractivity contribution in [2.75, 3.05) is 20.3 Å². The topological polar surface area (TPSA) is 105 Å². The molecule has 0 bridgehead atoms. The van der Waals surface area contributed by atoms with Gasteiger partial charge in [0, 0.05) is 6.54 Å². The maximum absolute atomic E-state index is 12.5. The van der Waals surface area contributed by atoms with Gasteiger partial charge in [0.25, 0.3) is 0 Å². The summed E-state index contributed by atoms with van der Waals surface area (Å²) >= 11 is 0. The third-order valence-corrected chi connectivity index (χ3v) is 5.24. The number of carbonyl (C=O) groups excluding carboxylic acids is 1. The normalized spacial score (nSPS) is 10.9. The van der Waals surface area contributed by atoms with Crippen molar-refractivity contribution in [3.8, 4) is 11.8 Å². The second-order valence-corrected chi connectivity index (χ2v) is 7.28. The van der Waals surface area contributed by atoms with Crippen molar-refractivity contribution < 1.29 is 22.7 Å². The van der Waals surface area contributed by atoms with Crippen LogP contribution in [-0.4, -0.2) is 34.6 Å². The Bertz CT molecular complexity index is 947. The highest BCUT2D eigenvalue weighted by Crippen LogP contribution is 2.24. The van der Waals surface area contributed by atoms with Crippen LogP contribution in [0.1, 0.15) is 28.4 Å². The molecule has 0 saturated carbocycles. The zero-order valence-electron chi connectivity index (χ0n) is 15.1. The third kappa shape index (κ3) is 5.29. The van der Waals surface area contributed by atoms with Crippen molar-refractivity contribution in [2.24, 2.45) is 0 Å². The molecular weight excluding hydrogens is 368 g/mol. The molecule has 0 heterocycles. The first-order chi connectivity index (χ1) is 12.9. The second kappa shape index (κ2) is 9.16. The predicted molar refractivity (Wildman–Crippen MR) is 99.0 cm³/mol. The smallest absolute Gasteiger partial charge is 0.338 e. The number of benzene rings is 2. The van der Waals surface area contributed by atoms with E-state index in [-0.39, 0.29) is 22.8 Å². The molecular formula is C19H20N2O5S. The highest BCUT2D eigenvalue weighted by atomic mass is 32.2. The fraction of sp³-hybridized carbons (Fsp3) is 0.263. The molecule has 0 aliphatic heterocycles. The van der Waals surface area contributed by atoms with E-state index in [0.717, 1.165) is 5.56 Å². The lowest BCUT2D eigenvalue weighted by Crippen LogP contribution is -2.26. The number of sulfonamides is 1. The van der Waals surface area contributed by atoms with E-state index in [9.17, 15) is 13.2 Å². The van der Waals surface area contributed by atoms with Crippen LogP contribution < -0.4 is 9.46 Å². The van der Waals surface area contributed by atoms with Crippen molar-refractivity contribution in [2.45, 2.75) is 18.2 Å². The van der Waals surface area contributed by atoms with E-state index in [1.165, 1.54) is 25.3 Å². The first kappa shape index (κ1) is 20.4. The fourth-order valence-corrected chi connectivity index (χ4v) is 3.61. The van der Waals surface area contributed by atoms with Gasteiger partial charge >= 0.3 is 5.97 Å². The molecule has 1 N–H and O–H groups in total. The molecule has 7 nitrogen and oxygen atoms in total. The van der Waals surface area contributed by atoms with Gasteiger partial charge in [0.1, 0.15) is 10.6 Å². The Kier molecular flexibility index (Phi) is 6.93. The third-order valence-electron chi connectivity index (χ3n) is 3.75. The molecule has 0 radical (unpaired) electrons. The lowest BCUT2D eigenvalue weighted by atomic mass is 10.1. The van der Waals surface area contributed by atoms with Gasteiger partial charge in [-0.05, 0) is 49.2 Å². The van der Waals surface area contributed by atoms with Crippen LogP contribution in [0.3, 0.4) is 0 Å². The molecule has 0 amide bonds. The van der Waals surface area contributed by atoms with Crippen LogP contribution in [-0.2, 0) is 21.2 Å². The lowest BCUT2D eigenvalue weighted by Gasteiger charge is -2.11. The van der Waals surface area contributed by atoms with Gasteiger partial charge in [-0.1, -0.05) is 12.1 Å². The summed E-state index contributed by atoms with van der Waals surface area (Å²) in [5, 5.41) is 8.97. The molecule has 0 spiro atoms. The van der Waals surface area contributed by atoms with Crippen LogP contribution in [0.4, 0.5) is 0 Å². The van der Waals surface area contributed by atoms with Crippen LogP contribution in [0.15, 0.2) is 47.4 Å². The number of nitriles is 1. The van der Waals surface area contributed by atoms with E-state index in [2.05, 4.69) is 4.72 Å². The Hall–Kier alpha value is -2.89. The van der Waals surface area contributed by atoms with Gasteiger partial charge in [0.15, 0.2) is 0 Å². The van der Waals surface area contributed by atoms with E-state index >= 15 is 0 Å². The molecule has 142 valence electrons. The molecule has 2 rings (SSSR count). The van der Waals surface area contributed by atoms with Crippen molar-refractivity contribution in [1.29, 1.82) is 5.26 Å². The van der Waals surface area contributed by atoms with Gasteiger partial charge in [0.05, 0.1) is 30.9 Å². The first-order valence-corrected chi connectivity index (χ1v) is 9.73. The standard InChI is InChI=1S/C19H20N2O5S/c1-3-26-19(22)16-7-4-14(5-8-16)10-11-21-27(23,24)18-12-15(13-20)6-9-17(18)25-2/h4-9,12,21H,3,10-11H2,1-2H3. The van der Waals surface area contributed by atoms with Crippen LogP contribution in [0.2, 0.25) is 0 Å². The largest absolute Gasteiger partial charge is 0.495 e. The number of hydrogen-bond acceptors (Lipinski definition) is 6. The van der Waals surface area contributed by atoms with Crippen molar-refractivity contribution in [1.82, 2.24) is 4.72 Å². The van der Waals surface area contributed by atoms with E-state index in [1.54, 1.807) is 31.2 Å². The number of nitrogens with zero attached hydrogens (tertiary/aromatic N) is 1. The maximum Gasteiger partial charge on any atom is 0.338 e. The van der Waals surface area contributed by atoms with E-state index < -0.39 is 16.0 Å². The van der Waals surface area contributed by atoms with Crippen molar-refractivity contribution >= 4 is 16.0 Å². The van der Waals surface area contributed by atoms with E-state index in [0.29, 0.717) is 18.6 Å². The first-order valence-electron chi connectivity index (χ1n) is 8.25. The molecule has 2 aromatic carbocycles. The number of methoxy groups -OCH3 is 1. The van der Waals surface area contributed by atoms with Gasteiger partial charge < -0.3 is 9.47 Å². The summed E-state index contributed by atoms with van der Waals surface area (Å²) in [7, 11) is -2.47. The minimum atomic E-state index is -3.83. The van der Waals surface area contributed by atoms with Crippen LogP contribution in [0.25, 0.3) is 0 Å². The Balaban J connectivity index is 2.04. The molecule has 27 heavy (non-hydrogen) atoms. The van der Waals surface area contributed by atoms with Gasteiger partial charge in [-0.15, -0.1) is 0 Å². The summed E-state index contributed by atoms with van der Waals surface area (Å²) in [6.45, 7) is 2.19. The Morgan fingerprint density at radius 3 is 2.48 bits per heavy atom. The summed E-state index contributed by atoms with van der Waals surface area (Å²) < 4.78 is 37.5. The molecule has 0 fully saturated rings. The zero-order chi connectivity index (χ0) is 19.9. The zero-order valence-corrected chi connectivity index (χ0v) is 15.9. The minimum Gasteiger partial charge on any atom is -0.495 e. The number of nitrogens with one attached hydrogen (secondary N) is 1. The molecule has 2 aromatic rings. The molecule has 0 saturated heterocycles. The molecule has 0 aliphatic rings. The van der Waals surface area contributed by atoms with Gasteiger partial charge in [0.2, 0.25) is 10.0 Å². The molecule has 0 aromatic heterocycles. The maximum atomic E-state index is 12.5. The summed E-state index contributed by atoms with van der Waals surface area (Å²) in [4.78, 5) is 11.5. The Labute approximate surface area is 158 Å². The van der Waals surface area contributed by atoms with Gasteiger partial charge in [-0.3, -0.25) is 0 Å². The number of rotatable bonds is 8. The van der Waals surface area contributed by atoms with Crippen LogP contribution in [0.5, 0.6) is 5.75 Å². The van der Waals surface area contributed by atoms with Crippen LogP contribution in [0, 0.1) is 11.3 Å². The van der Waals surface area contributed by atoms with Gasteiger partial charge in [-0.25, -0.2) is 17.9 Å². The highest BCUT2D eigenvalue weighted by Gasteiger charge is 2.19. The summed E-state index contributed by atoms with van der Waals surface area (Å²) in [6.07, 6.45) is 0.433. The SMILES string of the molecule is CCOC(=O)c1ccc(CCNS(=O)(=O)c2cc(C#N)ccc2OC)cc1. The predicted octanol–water partition coefficient (Wildman–Crippen LogP) is 2.26. The van der Waals surface area contributed by atoms with Crippen molar-refractivity contribution in [3.05, 3.63) is 59.2 Å². The molecule has 0 unspecified atom stereocenters. The second-order valence-electron chi connectivity index (χ2n) is 5.54. The average Bonchev–Trinajstić information content (AvgIpc) is 2.68. The average molecular weight is 388 g/mol. The molecule has 8 heteroatoms. The quantitative estimate of drug-likeness (QED) is 0.696. The summed E-state index contributed by atoms with van der Waals surface area (Å²) in [6, 6.07) is 12.9. The Morgan fingerprint density at radius 2 is 1.89 bits per heavy atom. The summed E-state index contributed by atoms with van der Waals surface area (Å²) in [5.41, 5.74) is 1.54. The van der Waals surface area contributed by atoms with E-state index in [4.69, 9.17) is 14.7 Å². The Morgan fingerprint density at radius 1 is 1.19 bits per heavy atom. The van der Waals surface area contributed by atoms with Crippen molar-refractivity contribution in [3.63, 3.8) is 0 Å². The fourth-order valence-electron chi connectivity index (χ4n) is 2.39. The highest BCUT2D eigenvalue weighted by molar-refractivity contribution is 7.89.